The second kappa shape index (κ2) is 7.04. The van der Waals surface area contributed by atoms with Crippen LogP contribution in [0.2, 0.25) is 0 Å². The summed E-state index contributed by atoms with van der Waals surface area (Å²) in [7, 11) is 1.57. The Hall–Kier alpha value is -3.01. The molecule has 0 spiro atoms. The first-order valence-electron chi connectivity index (χ1n) is 7.82. The van der Waals surface area contributed by atoms with Gasteiger partial charge in [-0.25, -0.2) is 0 Å². The lowest BCUT2D eigenvalue weighted by molar-refractivity contribution is 0.102. The molecule has 0 bridgehead atoms. The molecule has 1 amide bonds. The highest BCUT2D eigenvalue weighted by Crippen LogP contribution is 2.27. The van der Waals surface area contributed by atoms with Gasteiger partial charge in [-0.15, -0.1) is 0 Å². The van der Waals surface area contributed by atoms with Crippen LogP contribution in [0.4, 0.5) is 5.69 Å². The quantitative estimate of drug-likeness (QED) is 0.752. The number of anilines is 1. The van der Waals surface area contributed by atoms with Crippen molar-refractivity contribution in [1.82, 2.24) is 0 Å². The highest BCUT2D eigenvalue weighted by molar-refractivity contribution is 6.08. The Morgan fingerprint density at radius 2 is 1.75 bits per heavy atom. The van der Waals surface area contributed by atoms with Crippen molar-refractivity contribution in [3.63, 3.8) is 0 Å². The molecule has 0 aromatic heterocycles. The van der Waals surface area contributed by atoms with E-state index in [1.54, 1.807) is 13.2 Å². The van der Waals surface area contributed by atoms with Crippen LogP contribution in [0.15, 0.2) is 60.7 Å². The minimum Gasteiger partial charge on any atom is -0.496 e. The maximum atomic E-state index is 12.7. The molecule has 0 unspecified atom stereocenters. The Labute approximate surface area is 141 Å². The van der Waals surface area contributed by atoms with Gasteiger partial charge in [-0.05, 0) is 42.0 Å². The van der Waals surface area contributed by atoms with Gasteiger partial charge in [-0.3, -0.25) is 4.79 Å². The molecule has 0 saturated heterocycles. The van der Waals surface area contributed by atoms with Crippen LogP contribution >= 0.6 is 0 Å². The van der Waals surface area contributed by atoms with Crippen LogP contribution in [0.3, 0.4) is 0 Å². The molecule has 1 N–H and O–H groups in total. The summed E-state index contributed by atoms with van der Waals surface area (Å²) in [5, 5.41) is 4.92. The average Bonchev–Trinajstić information content (AvgIpc) is 2.61. The van der Waals surface area contributed by atoms with Crippen molar-refractivity contribution in [1.29, 1.82) is 0 Å². The first-order chi connectivity index (χ1) is 11.7. The molecule has 24 heavy (non-hydrogen) atoms. The van der Waals surface area contributed by atoms with Crippen LogP contribution in [0, 0.1) is 0 Å². The van der Waals surface area contributed by atoms with Gasteiger partial charge >= 0.3 is 0 Å². The minimum atomic E-state index is -0.216. The first kappa shape index (κ1) is 15.9. The van der Waals surface area contributed by atoms with E-state index < -0.39 is 0 Å². The highest BCUT2D eigenvalue weighted by atomic mass is 16.5. The molecule has 4 heteroatoms. The Kier molecular flexibility index (Phi) is 4.66. The Morgan fingerprint density at radius 3 is 2.46 bits per heavy atom. The zero-order valence-electron chi connectivity index (χ0n) is 13.7. The van der Waals surface area contributed by atoms with Crippen molar-refractivity contribution in [2.75, 3.05) is 19.0 Å². The van der Waals surface area contributed by atoms with Crippen LogP contribution in [-0.2, 0) is 0 Å². The van der Waals surface area contributed by atoms with E-state index in [2.05, 4.69) is 5.32 Å². The Balaban J connectivity index is 1.92. The van der Waals surface area contributed by atoms with Gasteiger partial charge in [0, 0.05) is 11.8 Å². The van der Waals surface area contributed by atoms with Gasteiger partial charge in [-0.1, -0.05) is 30.3 Å². The predicted octanol–water partition coefficient (Wildman–Crippen LogP) is 4.50. The number of carbonyl (C=O) groups excluding carboxylic acids is 1. The number of hydrogen-bond acceptors (Lipinski definition) is 3. The lowest BCUT2D eigenvalue weighted by Crippen LogP contribution is -2.13. The summed E-state index contributed by atoms with van der Waals surface area (Å²) < 4.78 is 10.8. The molecule has 0 aliphatic carbocycles. The number of fused-ring (bicyclic) bond motifs is 1. The number of rotatable bonds is 5. The number of methoxy groups -OCH3 is 1. The maximum absolute atomic E-state index is 12.7. The van der Waals surface area contributed by atoms with Crippen molar-refractivity contribution in [3.05, 3.63) is 66.2 Å². The third-order valence-corrected chi connectivity index (χ3v) is 3.72. The molecule has 122 valence electrons. The van der Waals surface area contributed by atoms with Gasteiger partial charge in [0.25, 0.3) is 5.91 Å². The molecule has 4 nitrogen and oxygen atoms in total. The summed E-state index contributed by atoms with van der Waals surface area (Å²) in [6.07, 6.45) is 0. The first-order valence-corrected chi connectivity index (χ1v) is 7.82. The predicted molar refractivity (Wildman–Crippen MR) is 96.1 cm³/mol. The van der Waals surface area contributed by atoms with E-state index in [0.717, 1.165) is 16.5 Å². The van der Waals surface area contributed by atoms with E-state index in [1.165, 1.54) is 0 Å². The van der Waals surface area contributed by atoms with Gasteiger partial charge in [0.2, 0.25) is 0 Å². The standard InChI is InChI=1S/C20H19NO3/c1-3-24-17-10-6-9-16(13-17)21-20(22)18-11-14-7-4-5-8-15(14)12-19(18)23-2/h4-13H,3H2,1-2H3,(H,21,22). The Bertz CT molecular complexity index is 874. The van der Waals surface area contributed by atoms with Gasteiger partial charge in [-0.2, -0.15) is 0 Å². The topological polar surface area (TPSA) is 47.6 Å². The molecule has 0 aliphatic heterocycles. The maximum Gasteiger partial charge on any atom is 0.259 e. The Morgan fingerprint density at radius 1 is 1.00 bits per heavy atom. The van der Waals surface area contributed by atoms with Crippen LogP contribution in [0.1, 0.15) is 17.3 Å². The number of carbonyl (C=O) groups is 1. The molecule has 3 aromatic rings. The van der Waals surface area contributed by atoms with Crippen molar-refractivity contribution in [2.45, 2.75) is 6.92 Å². The SMILES string of the molecule is CCOc1cccc(NC(=O)c2cc3ccccc3cc2OC)c1. The lowest BCUT2D eigenvalue weighted by atomic mass is 10.1. The molecule has 0 radical (unpaired) electrons. The van der Waals surface area contributed by atoms with Crippen LogP contribution in [-0.4, -0.2) is 19.6 Å². The second-order valence-electron chi connectivity index (χ2n) is 5.31. The normalized spacial score (nSPS) is 10.4. The summed E-state index contributed by atoms with van der Waals surface area (Å²) in [6.45, 7) is 2.50. The summed E-state index contributed by atoms with van der Waals surface area (Å²) in [6, 6.07) is 18.9. The summed E-state index contributed by atoms with van der Waals surface area (Å²) in [5.41, 5.74) is 1.18. The summed E-state index contributed by atoms with van der Waals surface area (Å²) >= 11 is 0. The van der Waals surface area contributed by atoms with E-state index in [4.69, 9.17) is 9.47 Å². The summed E-state index contributed by atoms with van der Waals surface area (Å²) in [5.74, 6) is 1.05. The van der Waals surface area contributed by atoms with E-state index in [1.807, 2.05) is 61.5 Å². The van der Waals surface area contributed by atoms with Gasteiger partial charge in [0.1, 0.15) is 11.5 Å². The lowest BCUT2D eigenvalue weighted by Gasteiger charge is -2.12. The molecule has 0 aliphatic rings. The number of amides is 1. The molecular weight excluding hydrogens is 302 g/mol. The van der Waals surface area contributed by atoms with Gasteiger partial charge in [0.05, 0.1) is 19.3 Å². The highest BCUT2D eigenvalue weighted by Gasteiger charge is 2.14. The smallest absolute Gasteiger partial charge is 0.259 e. The average molecular weight is 321 g/mol. The van der Waals surface area contributed by atoms with Crippen LogP contribution in [0.5, 0.6) is 11.5 Å². The largest absolute Gasteiger partial charge is 0.496 e. The number of ether oxygens (including phenoxy) is 2. The number of benzene rings is 3. The fraction of sp³-hybridized carbons (Fsp3) is 0.150. The molecule has 0 saturated carbocycles. The van der Waals surface area contributed by atoms with Crippen molar-refractivity contribution < 1.29 is 14.3 Å². The van der Waals surface area contributed by atoms with E-state index in [9.17, 15) is 4.79 Å². The molecule has 0 heterocycles. The van der Waals surface area contributed by atoms with E-state index >= 15 is 0 Å². The monoisotopic (exact) mass is 321 g/mol. The van der Waals surface area contributed by atoms with Gasteiger partial charge < -0.3 is 14.8 Å². The number of hydrogen-bond donors (Lipinski definition) is 1. The fourth-order valence-corrected chi connectivity index (χ4v) is 2.59. The van der Waals surface area contributed by atoms with E-state index in [0.29, 0.717) is 23.6 Å². The zero-order valence-corrected chi connectivity index (χ0v) is 13.7. The van der Waals surface area contributed by atoms with Gasteiger partial charge in [0.15, 0.2) is 0 Å². The molecular formula is C20H19NO3. The molecule has 3 aromatic carbocycles. The van der Waals surface area contributed by atoms with Crippen molar-refractivity contribution in [3.8, 4) is 11.5 Å². The van der Waals surface area contributed by atoms with Crippen LogP contribution in [0.25, 0.3) is 10.8 Å². The van der Waals surface area contributed by atoms with Crippen molar-refractivity contribution >= 4 is 22.4 Å². The molecule has 0 fully saturated rings. The van der Waals surface area contributed by atoms with Crippen molar-refractivity contribution in [2.24, 2.45) is 0 Å². The second-order valence-corrected chi connectivity index (χ2v) is 5.31. The third kappa shape index (κ3) is 3.33. The molecule has 3 rings (SSSR count). The number of nitrogens with one attached hydrogen (secondary N) is 1. The van der Waals surface area contributed by atoms with E-state index in [-0.39, 0.29) is 5.91 Å². The summed E-state index contributed by atoms with van der Waals surface area (Å²) in [4.78, 5) is 12.7. The minimum absolute atomic E-state index is 0.216. The fourth-order valence-electron chi connectivity index (χ4n) is 2.59. The zero-order chi connectivity index (χ0) is 16.9. The molecule has 0 atom stereocenters. The van der Waals surface area contributed by atoms with Crippen LogP contribution < -0.4 is 14.8 Å². The third-order valence-electron chi connectivity index (χ3n) is 3.72.